The Labute approximate surface area is 148 Å². The summed E-state index contributed by atoms with van der Waals surface area (Å²) >= 11 is 12.1. The van der Waals surface area contributed by atoms with Crippen LogP contribution in [0, 0.1) is 0 Å². The highest BCUT2D eigenvalue weighted by atomic mass is 35.5. The second kappa shape index (κ2) is 7.47. The zero-order valence-corrected chi connectivity index (χ0v) is 14.0. The van der Waals surface area contributed by atoms with Gasteiger partial charge in [0.25, 0.3) is 0 Å². The predicted molar refractivity (Wildman–Crippen MR) is 91.1 cm³/mol. The number of rotatable bonds is 5. The summed E-state index contributed by atoms with van der Waals surface area (Å²) in [6, 6.07) is 11.0. The van der Waals surface area contributed by atoms with Crippen LogP contribution in [0.25, 0.3) is 0 Å². The second-order valence-corrected chi connectivity index (χ2v) is 5.81. The van der Waals surface area contributed by atoms with E-state index < -0.39 is 5.97 Å². The van der Waals surface area contributed by atoms with E-state index in [9.17, 15) is 4.79 Å². The molecule has 3 aromatic rings. The molecular weight excluding hydrogens is 349 g/mol. The Hall–Kier alpha value is -2.37. The average molecular weight is 362 g/mol. The third kappa shape index (κ3) is 3.93. The maximum absolute atomic E-state index is 12.1. The van der Waals surface area contributed by atoms with Crippen molar-refractivity contribution in [1.82, 2.24) is 14.8 Å². The Morgan fingerprint density at radius 2 is 1.92 bits per heavy atom. The van der Waals surface area contributed by atoms with E-state index in [0.717, 1.165) is 5.56 Å². The lowest BCUT2D eigenvalue weighted by molar-refractivity contribution is 0.0472. The number of halogens is 2. The molecule has 0 saturated carbocycles. The van der Waals surface area contributed by atoms with Gasteiger partial charge in [0.2, 0.25) is 0 Å². The lowest BCUT2D eigenvalue weighted by Gasteiger charge is -2.05. The van der Waals surface area contributed by atoms with Crippen LogP contribution >= 0.6 is 23.2 Å². The van der Waals surface area contributed by atoms with Gasteiger partial charge in [0, 0.05) is 23.0 Å². The van der Waals surface area contributed by atoms with E-state index in [1.54, 1.807) is 29.2 Å². The van der Waals surface area contributed by atoms with Gasteiger partial charge in [-0.2, -0.15) is 5.10 Å². The monoisotopic (exact) mass is 361 g/mol. The molecular formula is C17H13Cl2N3O2. The Bertz CT molecular complexity index is 864. The molecule has 0 saturated heterocycles. The fraction of sp³-hybridized carbons (Fsp3) is 0.118. The first-order chi connectivity index (χ1) is 11.6. The molecule has 122 valence electrons. The Morgan fingerprint density at radius 1 is 1.12 bits per heavy atom. The molecule has 0 aliphatic rings. The van der Waals surface area contributed by atoms with Gasteiger partial charge >= 0.3 is 5.97 Å². The maximum atomic E-state index is 12.1. The zero-order chi connectivity index (χ0) is 16.9. The first-order valence-corrected chi connectivity index (χ1v) is 7.91. The van der Waals surface area contributed by atoms with E-state index in [4.69, 9.17) is 27.9 Å². The van der Waals surface area contributed by atoms with Crippen molar-refractivity contribution in [2.45, 2.75) is 13.2 Å². The first kappa shape index (κ1) is 16.5. The number of nitrogens with zero attached hydrogens (tertiary/aromatic N) is 3. The summed E-state index contributed by atoms with van der Waals surface area (Å²) in [5.74, 6) is -0.472. The van der Waals surface area contributed by atoms with Gasteiger partial charge in [-0.3, -0.25) is 4.68 Å². The lowest BCUT2D eigenvalue weighted by atomic mass is 10.2. The van der Waals surface area contributed by atoms with Crippen LogP contribution in [0.4, 0.5) is 0 Å². The summed E-state index contributed by atoms with van der Waals surface area (Å²) in [7, 11) is 0. The summed E-state index contributed by atoms with van der Waals surface area (Å²) in [6.45, 7) is 0.530. The van der Waals surface area contributed by atoms with Crippen LogP contribution in [0.3, 0.4) is 0 Å². The minimum Gasteiger partial charge on any atom is -0.457 e. The number of hydrogen-bond donors (Lipinski definition) is 0. The van der Waals surface area contributed by atoms with Crippen LogP contribution < -0.4 is 0 Å². The standard InChI is InChI=1S/C17H13Cl2N3O2/c18-15-6-2-1-4-12(15)9-22-10-14(8-21-22)17(23)24-11-13-5-3-7-20-16(13)19/h1-8,10H,9,11H2. The van der Waals surface area contributed by atoms with Crippen molar-refractivity contribution in [3.8, 4) is 0 Å². The second-order valence-electron chi connectivity index (χ2n) is 5.05. The molecule has 1 aromatic carbocycles. The maximum Gasteiger partial charge on any atom is 0.341 e. The third-order valence-corrected chi connectivity index (χ3v) is 4.06. The molecule has 5 nitrogen and oxygen atoms in total. The molecule has 0 atom stereocenters. The number of hydrogen-bond acceptors (Lipinski definition) is 4. The molecule has 0 radical (unpaired) electrons. The van der Waals surface area contributed by atoms with E-state index in [1.165, 1.54) is 6.20 Å². The van der Waals surface area contributed by atoms with Crippen molar-refractivity contribution >= 4 is 29.2 Å². The molecule has 2 heterocycles. The van der Waals surface area contributed by atoms with Crippen LogP contribution in [-0.4, -0.2) is 20.7 Å². The van der Waals surface area contributed by atoms with Crippen molar-refractivity contribution in [2.75, 3.05) is 0 Å². The minimum atomic E-state index is -0.472. The number of carbonyl (C=O) groups is 1. The van der Waals surface area contributed by atoms with Crippen molar-refractivity contribution in [1.29, 1.82) is 0 Å². The van der Waals surface area contributed by atoms with E-state index in [0.29, 0.717) is 27.8 Å². The summed E-state index contributed by atoms with van der Waals surface area (Å²) < 4.78 is 6.87. The van der Waals surface area contributed by atoms with Crippen molar-refractivity contribution in [2.24, 2.45) is 0 Å². The van der Waals surface area contributed by atoms with Gasteiger partial charge < -0.3 is 4.74 Å². The van der Waals surface area contributed by atoms with Gasteiger partial charge in [0.05, 0.1) is 18.3 Å². The largest absolute Gasteiger partial charge is 0.457 e. The van der Waals surface area contributed by atoms with E-state index >= 15 is 0 Å². The molecule has 0 aliphatic carbocycles. The number of carbonyl (C=O) groups excluding carboxylic acids is 1. The molecule has 7 heteroatoms. The van der Waals surface area contributed by atoms with E-state index in [2.05, 4.69) is 10.1 Å². The van der Waals surface area contributed by atoms with Gasteiger partial charge in [-0.25, -0.2) is 9.78 Å². The SMILES string of the molecule is O=C(OCc1cccnc1Cl)c1cnn(Cc2ccccc2Cl)c1. The summed E-state index contributed by atoms with van der Waals surface area (Å²) in [5.41, 5.74) is 1.93. The average Bonchev–Trinajstić information content (AvgIpc) is 3.05. The number of pyridine rings is 1. The van der Waals surface area contributed by atoms with Crippen molar-refractivity contribution in [3.63, 3.8) is 0 Å². The lowest BCUT2D eigenvalue weighted by Crippen LogP contribution is -2.05. The topological polar surface area (TPSA) is 57.0 Å². The number of esters is 1. The third-order valence-electron chi connectivity index (χ3n) is 3.35. The molecule has 0 fully saturated rings. The van der Waals surface area contributed by atoms with Crippen LogP contribution in [0.1, 0.15) is 21.5 Å². The Morgan fingerprint density at radius 3 is 2.71 bits per heavy atom. The number of ether oxygens (including phenoxy) is 1. The van der Waals surface area contributed by atoms with E-state index in [-0.39, 0.29) is 6.61 Å². The molecule has 3 rings (SSSR count). The van der Waals surface area contributed by atoms with Crippen LogP contribution in [-0.2, 0) is 17.9 Å². The minimum absolute atomic E-state index is 0.0567. The number of benzene rings is 1. The van der Waals surface area contributed by atoms with Crippen LogP contribution in [0.2, 0.25) is 10.2 Å². The molecule has 0 amide bonds. The molecule has 0 N–H and O–H groups in total. The first-order valence-electron chi connectivity index (χ1n) is 7.16. The molecule has 0 unspecified atom stereocenters. The van der Waals surface area contributed by atoms with Gasteiger partial charge in [-0.05, 0) is 17.7 Å². The van der Waals surface area contributed by atoms with Crippen molar-refractivity contribution < 1.29 is 9.53 Å². The summed E-state index contributed by atoms with van der Waals surface area (Å²) in [4.78, 5) is 16.0. The van der Waals surface area contributed by atoms with E-state index in [1.807, 2.05) is 24.3 Å². The van der Waals surface area contributed by atoms with Gasteiger partial charge in [-0.15, -0.1) is 0 Å². The normalized spacial score (nSPS) is 10.6. The highest BCUT2D eigenvalue weighted by Crippen LogP contribution is 2.17. The summed E-state index contributed by atoms with van der Waals surface area (Å²) in [6.07, 6.45) is 4.66. The smallest absolute Gasteiger partial charge is 0.341 e. The number of aromatic nitrogens is 3. The quantitative estimate of drug-likeness (QED) is 0.509. The Kier molecular flexibility index (Phi) is 5.13. The molecule has 24 heavy (non-hydrogen) atoms. The molecule has 0 bridgehead atoms. The summed E-state index contributed by atoms with van der Waals surface area (Å²) in [5, 5.41) is 5.14. The van der Waals surface area contributed by atoms with Crippen LogP contribution in [0.5, 0.6) is 0 Å². The molecule has 2 aromatic heterocycles. The van der Waals surface area contributed by atoms with Gasteiger partial charge in [-0.1, -0.05) is 47.5 Å². The molecule has 0 spiro atoms. The van der Waals surface area contributed by atoms with Crippen LogP contribution in [0.15, 0.2) is 55.0 Å². The highest BCUT2D eigenvalue weighted by molar-refractivity contribution is 6.31. The zero-order valence-electron chi connectivity index (χ0n) is 12.5. The molecule has 0 aliphatic heterocycles. The van der Waals surface area contributed by atoms with Gasteiger partial charge in [0.1, 0.15) is 11.8 Å². The fourth-order valence-corrected chi connectivity index (χ4v) is 2.48. The predicted octanol–water partition coefficient (Wildman–Crippen LogP) is 3.99. The fourth-order valence-electron chi connectivity index (χ4n) is 2.11. The van der Waals surface area contributed by atoms with Gasteiger partial charge in [0.15, 0.2) is 0 Å². The highest BCUT2D eigenvalue weighted by Gasteiger charge is 2.12. The van der Waals surface area contributed by atoms with Crippen molar-refractivity contribution in [3.05, 3.63) is 81.9 Å². The Balaban J connectivity index is 1.64.